The van der Waals surface area contributed by atoms with E-state index in [0.717, 1.165) is 33.6 Å². The minimum absolute atomic E-state index is 0.0109. The topological polar surface area (TPSA) is 77.2 Å². The molecular weight excluding hydrogens is 448 g/mol. The van der Waals surface area contributed by atoms with Gasteiger partial charge in [-0.05, 0) is 61.7 Å². The van der Waals surface area contributed by atoms with Gasteiger partial charge in [-0.15, -0.1) is 0 Å². The van der Waals surface area contributed by atoms with Gasteiger partial charge >= 0.3 is 0 Å². The summed E-state index contributed by atoms with van der Waals surface area (Å²) >= 11 is 6.08. The lowest BCUT2D eigenvalue weighted by molar-refractivity contribution is -0.110. The standard InChI is InChI=1S/C27H27ClN4O2/c1-15-13-32(14-16(2)30-15)27(34)22-12-29-24(17(22)3)11-21-25-20(18-7-9-19(28)10-8-18)5-4-6-23(25)31-26(21)33/h4-12,15-16,29-30H,13-14H2,1-3H3,(H,31,33)/b21-11-/t15-,16+. The van der Waals surface area contributed by atoms with Crippen LogP contribution in [0.4, 0.5) is 5.69 Å². The number of H-pyrrole nitrogens is 1. The van der Waals surface area contributed by atoms with Crippen molar-refractivity contribution >= 4 is 40.8 Å². The Bertz CT molecular complexity index is 1300. The Kier molecular flexibility index (Phi) is 5.80. The molecule has 174 valence electrons. The van der Waals surface area contributed by atoms with Gasteiger partial charge < -0.3 is 20.5 Å². The zero-order chi connectivity index (χ0) is 24.0. The van der Waals surface area contributed by atoms with Crippen molar-refractivity contribution in [2.75, 3.05) is 18.4 Å². The van der Waals surface area contributed by atoms with E-state index >= 15 is 0 Å². The average Bonchev–Trinajstić information content (AvgIpc) is 3.32. The van der Waals surface area contributed by atoms with Gasteiger partial charge in [0.25, 0.3) is 11.8 Å². The predicted molar refractivity (Wildman–Crippen MR) is 137 cm³/mol. The van der Waals surface area contributed by atoms with Crippen molar-refractivity contribution in [2.45, 2.75) is 32.9 Å². The maximum atomic E-state index is 13.3. The third kappa shape index (κ3) is 4.04. The van der Waals surface area contributed by atoms with E-state index in [0.29, 0.717) is 29.2 Å². The number of nitrogens with zero attached hydrogens (tertiary/aromatic N) is 1. The molecule has 1 aromatic heterocycles. The number of piperazine rings is 1. The molecule has 2 aliphatic heterocycles. The molecule has 1 saturated heterocycles. The number of carbonyl (C=O) groups is 2. The highest BCUT2D eigenvalue weighted by Crippen LogP contribution is 2.40. The highest BCUT2D eigenvalue weighted by atomic mass is 35.5. The lowest BCUT2D eigenvalue weighted by atomic mass is 9.94. The number of hydrogen-bond donors (Lipinski definition) is 3. The molecule has 7 heteroatoms. The van der Waals surface area contributed by atoms with Gasteiger partial charge in [-0.2, -0.15) is 0 Å². The van der Waals surface area contributed by atoms with Crippen LogP contribution >= 0.6 is 11.6 Å². The first-order valence-electron chi connectivity index (χ1n) is 11.5. The molecule has 3 heterocycles. The van der Waals surface area contributed by atoms with Crippen molar-refractivity contribution in [2.24, 2.45) is 0 Å². The summed E-state index contributed by atoms with van der Waals surface area (Å²) in [5, 5.41) is 7.09. The molecule has 6 nitrogen and oxygen atoms in total. The first kappa shape index (κ1) is 22.4. The van der Waals surface area contributed by atoms with Crippen LogP contribution in [0.5, 0.6) is 0 Å². The van der Waals surface area contributed by atoms with Gasteiger partial charge in [0.15, 0.2) is 0 Å². The summed E-state index contributed by atoms with van der Waals surface area (Å²) in [5.41, 5.74) is 6.33. The normalized spacial score (nSPS) is 21.0. The van der Waals surface area contributed by atoms with E-state index in [2.05, 4.69) is 29.5 Å². The number of benzene rings is 2. The summed E-state index contributed by atoms with van der Waals surface area (Å²) in [6, 6.07) is 13.9. The summed E-state index contributed by atoms with van der Waals surface area (Å²) < 4.78 is 0. The monoisotopic (exact) mass is 474 g/mol. The van der Waals surface area contributed by atoms with E-state index in [9.17, 15) is 9.59 Å². The SMILES string of the molecule is Cc1c(C(=O)N2C[C@@H](C)N[C@@H](C)C2)c[nH]c1/C=C1\C(=O)Nc2cccc(-c3ccc(Cl)cc3)c21. The largest absolute Gasteiger partial charge is 0.361 e. The maximum absolute atomic E-state index is 13.3. The first-order valence-corrected chi connectivity index (χ1v) is 11.8. The highest BCUT2D eigenvalue weighted by molar-refractivity contribution is 6.36. The van der Waals surface area contributed by atoms with Crippen LogP contribution in [0.3, 0.4) is 0 Å². The molecule has 1 fully saturated rings. The Morgan fingerprint density at radius 2 is 1.79 bits per heavy atom. The van der Waals surface area contributed by atoms with Crippen LogP contribution in [-0.4, -0.2) is 46.9 Å². The second-order valence-corrected chi connectivity index (χ2v) is 9.60. The summed E-state index contributed by atoms with van der Waals surface area (Å²) in [7, 11) is 0. The van der Waals surface area contributed by atoms with E-state index in [1.165, 1.54) is 0 Å². The smallest absolute Gasteiger partial charge is 0.256 e. The van der Waals surface area contributed by atoms with Crippen LogP contribution in [0, 0.1) is 6.92 Å². The van der Waals surface area contributed by atoms with Crippen molar-refractivity contribution < 1.29 is 9.59 Å². The quantitative estimate of drug-likeness (QED) is 0.469. The molecule has 0 radical (unpaired) electrons. The predicted octanol–water partition coefficient (Wildman–Crippen LogP) is 4.96. The molecule has 0 bridgehead atoms. The van der Waals surface area contributed by atoms with Crippen LogP contribution in [0.1, 0.15) is 41.0 Å². The summed E-state index contributed by atoms with van der Waals surface area (Å²) in [5.74, 6) is -0.153. The Morgan fingerprint density at radius 1 is 1.09 bits per heavy atom. The number of nitrogens with one attached hydrogen (secondary N) is 3. The minimum Gasteiger partial charge on any atom is -0.361 e. The molecule has 2 amide bonds. The van der Waals surface area contributed by atoms with Gasteiger partial charge in [-0.3, -0.25) is 9.59 Å². The van der Waals surface area contributed by atoms with E-state index in [-0.39, 0.29) is 23.9 Å². The van der Waals surface area contributed by atoms with Gasteiger partial charge in [-0.25, -0.2) is 0 Å². The van der Waals surface area contributed by atoms with E-state index in [1.807, 2.05) is 60.4 Å². The number of amides is 2. The van der Waals surface area contributed by atoms with Crippen LogP contribution < -0.4 is 10.6 Å². The van der Waals surface area contributed by atoms with Crippen molar-refractivity contribution in [1.82, 2.24) is 15.2 Å². The molecule has 0 saturated carbocycles. The molecule has 34 heavy (non-hydrogen) atoms. The Morgan fingerprint density at radius 3 is 2.50 bits per heavy atom. The maximum Gasteiger partial charge on any atom is 0.256 e. The van der Waals surface area contributed by atoms with Gasteiger partial charge in [0.1, 0.15) is 0 Å². The van der Waals surface area contributed by atoms with Gasteiger partial charge in [0.05, 0.1) is 11.1 Å². The Balaban J connectivity index is 1.52. The second-order valence-electron chi connectivity index (χ2n) is 9.17. The van der Waals surface area contributed by atoms with Crippen molar-refractivity contribution in [3.8, 4) is 11.1 Å². The lowest BCUT2D eigenvalue weighted by Gasteiger charge is -2.36. The van der Waals surface area contributed by atoms with Gasteiger partial charge in [0, 0.05) is 53.3 Å². The average molecular weight is 475 g/mol. The number of aromatic nitrogens is 1. The number of aromatic amines is 1. The fourth-order valence-electron chi connectivity index (χ4n) is 4.95. The molecule has 5 rings (SSSR count). The number of hydrogen-bond acceptors (Lipinski definition) is 3. The van der Waals surface area contributed by atoms with Gasteiger partial charge in [0.2, 0.25) is 0 Å². The van der Waals surface area contributed by atoms with Crippen molar-refractivity contribution in [1.29, 1.82) is 0 Å². The molecule has 2 atom stereocenters. The van der Waals surface area contributed by atoms with Crippen LogP contribution in [0.25, 0.3) is 22.8 Å². The molecule has 3 N–H and O–H groups in total. The summed E-state index contributed by atoms with van der Waals surface area (Å²) in [6.07, 6.45) is 3.59. The zero-order valence-electron chi connectivity index (χ0n) is 19.4. The third-order valence-corrected chi connectivity index (χ3v) is 6.78. The summed E-state index contributed by atoms with van der Waals surface area (Å²) in [4.78, 5) is 31.3. The molecule has 2 aliphatic rings. The number of anilines is 1. The van der Waals surface area contributed by atoms with E-state index in [4.69, 9.17) is 11.6 Å². The fraction of sp³-hybridized carbons (Fsp3) is 0.259. The number of fused-ring (bicyclic) bond motifs is 1. The van der Waals surface area contributed by atoms with E-state index in [1.54, 1.807) is 6.20 Å². The van der Waals surface area contributed by atoms with Crippen molar-refractivity contribution in [3.05, 3.63) is 76.1 Å². The first-order chi connectivity index (χ1) is 16.3. The molecular formula is C27H27ClN4O2. The lowest BCUT2D eigenvalue weighted by Crippen LogP contribution is -2.55. The highest BCUT2D eigenvalue weighted by Gasteiger charge is 2.30. The second kappa shape index (κ2) is 8.78. The van der Waals surface area contributed by atoms with Gasteiger partial charge in [-0.1, -0.05) is 35.9 Å². The Labute approximate surface area is 204 Å². The fourth-order valence-corrected chi connectivity index (χ4v) is 5.07. The van der Waals surface area contributed by atoms with Crippen LogP contribution in [-0.2, 0) is 4.79 Å². The molecule has 0 aliphatic carbocycles. The number of rotatable bonds is 3. The third-order valence-electron chi connectivity index (χ3n) is 6.53. The number of carbonyl (C=O) groups excluding carboxylic acids is 2. The molecule has 0 spiro atoms. The summed E-state index contributed by atoms with van der Waals surface area (Å²) in [6.45, 7) is 7.44. The van der Waals surface area contributed by atoms with E-state index < -0.39 is 0 Å². The van der Waals surface area contributed by atoms with Crippen molar-refractivity contribution in [3.63, 3.8) is 0 Å². The molecule has 3 aromatic rings. The zero-order valence-corrected chi connectivity index (χ0v) is 20.2. The Hall–Kier alpha value is -3.35. The molecule has 0 unspecified atom stereocenters. The minimum atomic E-state index is -0.164. The molecule has 2 aromatic carbocycles. The number of halogens is 1. The van der Waals surface area contributed by atoms with Crippen LogP contribution in [0.15, 0.2) is 48.7 Å². The van der Waals surface area contributed by atoms with Crippen LogP contribution in [0.2, 0.25) is 5.02 Å².